The highest BCUT2D eigenvalue weighted by Crippen LogP contribution is 2.02. The molecule has 5 heteroatoms. The fourth-order valence-electron chi connectivity index (χ4n) is 1.68. The molecular weight excluding hydrogens is 208 g/mol. The third-order valence-corrected chi connectivity index (χ3v) is 2.50. The predicted octanol–water partition coefficient (Wildman–Crippen LogP) is 0.555. The van der Waals surface area contributed by atoms with Gasteiger partial charge < -0.3 is 9.47 Å². The molecule has 1 fully saturated rings. The van der Waals surface area contributed by atoms with Gasteiger partial charge in [-0.2, -0.15) is 0 Å². The maximum Gasteiger partial charge on any atom is 0.324 e. The number of ether oxygens (including phenoxy) is 2. The van der Waals surface area contributed by atoms with Gasteiger partial charge in [0.15, 0.2) is 0 Å². The third kappa shape index (κ3) is 4.47. The van der Waals surface area contributed by atoms with Crippen LogP contribution < -0.4 is 5.43 Å². The fraction of sp³-hybridized carbons (Fsp3) is 0.909. The van der Waals surface area contributed by atoms with Crippen LogP contribution in [0.2, 0.25) is 0 Å². The molecule has 16 heavy (non-hydrogen) atoms. The number of hydrogen-bond acceptors (Lipinski definition) is 5. The zero-order valence-corrected chi connectivity index (χ0v) is 10.2. The summed E-state index contributed by atoms with van der Waals surface area (Å²) in [6, 6.07) is -0.219. The standard InChI is InChI=1S/C11H22N2O3/c1-3-5-10(11(14)16-4-2)12-13-6-8-15-9-7-13/h10,12H,3-9H2,1-2H3. The molecule has 0 aromatic heterocycles. The molecule has 1 atom stereocenters. The Bertz CT molecular complexity index is 205. The Hall–Kier alpha value is -0.650. The first kappa shape index (κ1) is 13.4. The van der Waals surface area contributed by atoms with Crippen molar-refractivity contribution in [2.75, 3.05) is 32.9 Å². The molecule has 1 aliphatic rings. The minimum Gasteiger partial charge on any atom is -0.465 e. The summed E-state index contributed by atoms with van der Waals surface area (Å²) in [6.07, 6.45) is 1.76. The SMILES string of the molecule is CCCC(NN1CCOCC1)C(=O)OCC. The molecule has 0 aromatic carbocycles. The average molecular weight is 230 g/mol. The number of nitrogens with one attached hydrogen (secondary N) is 1. The summed E-state index contributed by atoms with van der Waals surface area (Å²) in [7, 11) is 0. The number of rotatable bonds is 6. The second-order valence-corrected chi connectivity index (χ2v) is 3.82. The Labute approximate surface area is 97.1 Å². The van der Waals surface area contributed by atoms with Gasteiger partial charge in [-0.05, 0) is 13.3 Å². The maximum atomic E-state index is 11.7. The molecule has 0 aromatic rings. The summed E-state index contributed by atoms with van der Waals surface area (Å²) in [4.78, 5) is 11.7. The fourth-order valence-corrected chi connectivity index (χ4v) is 1.68. The van der Waals surface area contributed by atoms with Crippen LogP contribution in [-0.2, 0) is 14.3 Å². The Morgan fingerprint density at radius 2 is 2.12 bits per heavy atom. The summed E-state index contributed by atoms with van der Waals surface area (Å²) >= 11 is 0. The van der Waals surface area contributed by atoms with Gasteiger partial charge in [0.1, 0.15) is 6.04 Å². The molecule has 1 rings (SSSR count). The van der Waals surface area contributed by atoms with E-state index in [0.29, 0.717) is 19.8 Å². The van der Waals surface area contributed by atoms with E-state index in [9.17, 15) is 4.79 Å². The lowest BCUT2D eigenvalue weighted by atomic mass is 10.2. The van der Waals surface area contributed by atoms with Crippen molar-refractivity contribution < 1.29 is 14.3 Å². The number of carbonyl (C=O) groups is 1. The molecule has 0 spiro atoms. The molecule has 0 aliphatic carbocycles. The molecule has 94 valence electrons. The summed E-state index contributed by atoms with van der Waals surface area (Å²) in [5, 5.41) is 2.04. The number of morpholine rings is 1. The van der Waals surface area contributed by atoms with Gasteiger partial charge in [-0.3, -0.25) is 4.79 Å². The van der Waals surface area contributed by atoms with Crippen molar-refractivity contribution >= 4 is 5.97 Å². The van der Waals surface area contributed by atoms with Gasteiger partial charge in [-0.25, -0.2) is 10.4 Å². The quantitative estimate of drug-likeness (QED) is 0.676. The van der Waals surface area contributed by atoms with E-state index in [2.05, 4.69) is 12.3 Å². The van der Waals surface area contributed by atoms with Crippen LogP contribution in [0.5, 0.6) is 0 Å². The van der Waals surface area contributed by atoms with Gasteiger partial charge in [0.2, 0.25) is 0 Å². The van der Waals surface area contributed by atoms with Crippen molar-refractivity contribution in [3.63, 3.8) is 0 Å². The average Bonchev–Trinajstić information content (AvgIpc) is 2.30. The van der Waals surface area contributed by atoms with Crippen LogP contribution in [0.4, 0.5) is 0 Å². The first-order chi connectivity index (χ1) is 7.77. The van der Waals surface area contributed by atoms with Gasteiger partial charge in [-0.15, -0.1) is 0 Å². The number of esters is 1. The van der Waals surface area contributed by atoms with Crippen molar-refractivity contribution in [1.29, 1.82) is 0 Å². The van der Waals surface area contributed by atoms with Crippen molar-refractivity contribution in [3.05, 3.63) is 0 Å². The van der Waals surface area contributed by atoms with Crippen LogP contribution in [0.25, 0.3) is 0 Å². The van der Waals surface area contributed by atoms with Crippen LogP contribution in [0.1, 0.15) is 26.7 Å². The molecule has 1 heterocycles. The second-order valence-electron chi connectivity index (χ2n) is 3.82. The topological polar surface area (TPSA) is 50.8 Å². The highest BCUT2D eigenvalue weighted by Gasteiger charge is 2.22. The van der Waals surface area contributed by atoms with Crippen LogP contribution in [0.15, 0.2) is 0 Å². The van der Waals surface area contributed by atoms with E-state index in [4.69, 9.17) is 9.47 Å². The first-order valence-corrected chi connectivity index (χ1v) is 6.03. The summed E-state index contributed by atoms with van der Waals surface area (Å²) < 4.78 is 10.3. The molecule has 1 unspecified atom stereocenters. The van der Waals surface area contributed by atoms with Gasteiger partial charge in [-0.1, -0.05) is 13.3 Å². The lowest BCUT2D eigenvalue weighted by molar-refractivity contribution is -0.148. The lowest BCUT2D eigenvalue weighted by Crippen LogP contribution is -2.53. The Kier molecular flexibility index (Phi) is 6.37. The van der Waals surface area contributed by atoms with Gasteiger partial charge in [0, 0.05) is 13.1 Å². The summed E-state index contributed by atoms with van der Waals surface area (Å²) in [6.45, 7) is 7.40. The lowest BCUT2D eigenvalue weighted by Gasteiger charge is -2.30. The van der Waals surface area contributed by atoms with Crippen LogP contribution in [-0.4, -0.2) is 49.9 Å². The van der Waals surface area contributed by atoms with E-state index >= 15 is 0 Å². The van der Waals surface area contributed by atoms with Gasteiger partial charge in [0.05, 0.1) is 19.8 Å². The molecule has 0 amide bonds. The summed E-state index contributed by atoms with van der Waals surface area (Å²) in [5.41, 5.74) is 3.22. The Balaban J connectivity index is 2.39. The molecular formula is C11H22N2O3. The van der Waals surface area contributed by atoms with E-state index in [1.54, 1.807) is 0 Å². The van der Waals surface area contributed by atoms with E-state index in [1.807, 2.05) is 11.9 Å². The maximum absolute atomic E-state index is 11.7. The molecule has 0 radical (unpaired) electrons. The largest absolute Gasteiger partial charge is 0.465 e. The monoisotopic (exact) mass is 230 g/mol. The van der Waals surface area contributed by atoms with E-state index in [0.717, 1.165) is 25.9 Å². The first-order valence-electron chi connectivity index (χ1n) is 6.03. The molecule has 5 nitrogen and oxygen atoms in total. The predicted molar refractivity (Wildman–Crippen MR) is 60.9 cm³/mol. The molecule has 1 saturated heterocycles. The van der Waals surface area contributed by atoms with E-state index in [1.165, 1.54) is 0 Å². The van der Waals surface area contributed by atoms with Crippen LogP contribution in [0.3, 0.4) is 0 Å². The minimum absolute atomic E-state index is 0.157. The Morgan fingerprint density at radius 1 is 1.44 bits per heavy atom. The van der Waals surface area contributed by atoms with Crippen LogP contribution >= 0.6 is 0 Å². The van der Waals surface area contributed by atoms with Crippen molar-refractivity contribution in [1.82, 2.24) is 10.4 Å². The highest BCUT2D eigenvalue weighted by molar-refractivity contribution is 5.75. The van der Waals surface area contributed by atoms with E-state index < -0.39 is 0 Å². The zero-order valence-electron chi connectivity index (χ0n) is 10.2. The Morgan fingerprint density at radius 3 is 2.69 bits per heavy atom. The highest BCUT2D eigenvalue weighted by atomic mass is 16.5. The number of nitrogens with zero attached hydrogens (tertiary/aromatic N) is 1. The number of hydrazine groups is 1. The van der Waals surface area contributed by atoms with Crippen LogP contribution in [0, 0.1) is 0 Å². The number of carbonyl (C=O) groups excluding carboxylic acids is 1. The van der Waals surface area contributed by atoms with Crippen molar-refractivity contribution in [2.24, 2.45) is 0 Å². The third-order valence-electron chi connectivity index (χ3n) is 2.50. The second kappa shape index (κ2) is 7.60. The minimum atomic E-state index is -0.219. The molecule has 0 bridgehead atoms. The molecule has 1 aliphatic heterocycles. The van der Waals surface area contributed by atoms with Crippen molar-refractivity contribution in [3.8, 4) is 0 Å². The number of hydrogen-bond donors (Lipinski definition) is 1. The van der Waals surface area contributed by atoms with Gasteiger partial charge in [0.25, 0.3) is 0 Å². The van der Waals surface area contributed by atoms with Crippen molar-refractivity contribution in [2.45, 2.75) is 32.7 Å². The van der Waals surface area contributed by atoms with Gasteiger partial charge >= 0.3 is 5.97 Å². The zero-order chi connectivity index (χ0) is 11.8. The van der Waals surface area contributed by atoms with E-state index in [-0.39, 0.29) is 12.0 Å². The normalized spacial score (nSPS) is 19.4. The summed E-state index contributed by atoms with van der Waals surface area (Å²) in [5.74, 6) is -0.157. The molecule has 1 N–H and O–H groups in total. The smallest absolute Gasteiger partial charge is 0.324 e. The molecule has 0 saturated carbocycles.